The van der Waals surface area contributed by atoms with Gasteiger partial charge in [-0.2, -0.15) is 0 Å². The number of ether oxygens (including phenoxy) is 1. The van der Waals surface area contributed by atoms with Crippen molar-refractivity contribution in [2.24, 2.45) is 0 Å². The highest BCUT2D eigenvalue weighted by Crippen LogP contribution is 2.26. The van der Waals surface area contributed by atoms with E-state index in [-0.39, 0.29) is 5.91 Å². The van der Waals surface area contributed by atoms with Crippen LogP contribution in [-0.4, -0.2) is 22.3 Å². The lowest BCUT2D eigenvalue weighted by molar-refractivity contribution is -0.122. The molecule has 2 rings (SSSR count). The third kappa shape index (κ3) is 3.52. The Balaban J connectivity index is 2.06. The van der Waals surface area contributed by atoms with Crippen LogP contribution in [-0.2, 0) is 4.79 Å². The van der Waals surface area contributed by atoms with Gasteiger partial charge in [0.1, 0.15) is 11.4 Å². The number of rotatable bonds is 4. The van der Waals surface area contributed by atoms with Crippen LogP contribution in [0.5, 0.6) is 5.75 Å². The molecule has 1 amide bonds. The number of aromatic nitrogens is 2. The summed E-state index contributed by atoms with van der Waals surface area (Å²) in [4.78, 5) is 12.0. The van der Waals surface area contributed by atoms with Gasteiger partial charge in [-0.1, -0.05) is 16.8 Å². The average molecular weight is 310 g/mol. The lowest BCUT2D eigenvalue weighted by Crippen LogP contribution is -2.30. The molecule has 0 aliphatic carbocycles. The van der Waals surface area contributed by atoms with Crippen molar-refractivity contribution in [3.63, 3.8) is 0 Å². The van der Waals surface area contributed by atoms with Crippen molar-refractivity contribution in [2.75, 3.05) is 5.32 Å². The summed E-state index contributed by atoms with van der Waals surface area (Å²) < 4.78 is 10.2. The van der Waals surface area contributed by atoms with Crippen molar-refractivity contribution in [3.8, 4) is 5.75 Å². The Bertz CT molecular complexity index is 646. The quantitative estimate of drug-likeness (QED) is 0.939. The number of hydrogen-bond donors (Lipinski definition) is 1. The first-order chi connectivity index (χ1) is 9.88. The predicted molar refractivity (Wildman–Crippen MR) is 78.7 cm³/mol. The van der Waals surface area contributed by atoms with Crippen LogP contribution in [0.15, 0.2) is 16.8 Å². The number of carbonyl (C=O) groups is 1. The highest BCUT2D eigenvalue weighted by molar-refractivity contribution is 6.32. The van der Waals surface area contributed by atoms with E-state index in [1.165, 1.54) is 0 Å². The lowest BCUT2D eigenvalue weighted by atomic mass is 10.1. The summed E-state index contributed by atoms with van der Waals surface area (Å²) in [6.45, 7) is 7.11. The molecule has 1 atom stereocenters. The SMILES string of the molecule is Cc1cc(O[C@H](C)C(=O)Nc2nonc2C)cc(C)c1Cl. The molecule has 1 heterocycles. The molecule has 0 saturated heterocycles. The molecule has 1 aromatic heterocycles. The van der Waals surface area contributed by atoms with Gasteiger partial charge in [0.15, 0.2) is 11.9 Å². The van der Waals surface area contributed by atoms with Crippen molar-refractivity contribution in [3.05, 3.63) is 34.0 Å². The third-order valence-corrected chi connectivity index (χ3v) is 3.58. The third-order valence-electron chi connectivity index (χ3n) is 2.99. The summed E-state index contributed by atoms with van der Waals surface area (Å²) >= 11 is 6.10. The van der Waals surface area contributed by atoms with E-state index < -0.39 is 6.10 Å². The van der Waals surface area contributed by atoms with Crippen molar-refractivity contribution in [2.45, 2.75) is 33.8 Å². The van der Waals surface area contributed by atoms with E-state index in [1.807, 2.05) is 13.8 Å². The van der Waals surface area contributed by atoms with Gasteiger partial charge in [0.2, 0.25) is 0 Å². The van der Waals surface area contributed by atoms with Gasteiger partial charge in [-0.15, -0.1) is 0 Å². The van der Waals surface area contributed by atoms with Crippen molar-refractivity contribution in [1.82, 2.24) is 10.3 Å². The van der Waals surface area contributed by atoms with Gasteiger partial charge in [0, 0.05) is 5.02 Å². The Morgan fingerprint density at radius 1 is 1.29 bits per heavy atom. The van der Waals surface area contributed by atoms with Gasteiger partial charge in [-0.25, -0.2) is 4.63 Å². The highest BCUT2D eigenvalue weighted by Gasteiger charge is 2.18. The van der Waals surface area contributed by atoms with Crippen molar-refractivity contribution in [1.29, 1.82) is 0 Å². The van der Waals surface area contributed by atoms with E-state index in [0.29, 0.717) is 22.3 Å². The Labute approximate surface area is 127 Å². The number of anilines is 1. The largest absolute Gasteiger partial charge is 0.481 e. The molecule has 1 N–H and O–H groups in total. The Hall–Kier alpha value is -2.08. The molecule has 21 heavy (non-hydrogen) atoms. The zero-order valence-corrected chi connectivity index (χ0v) is 13.0. The minimum Gasteiger partial charge on any atom is -0.481 e. The molecule has 0 saturated carbocycles. The fourth-order valence-corrected chi connectivity index (χ4v) is 1.90. The minimum atomic E-state index is -0.693. The molecular weight excluding hydrogens is 294 g/mol. The van der Waals surface area contributed by atoms with E-state index in [0.717, 1.165) is 11.1 Å². The summed E-state index contributed by atoms with van der Waals surface area (Å²) in [6.07, 6.45) is -0.693. The second kappa shape index (κ2) is 6.13. The zero-order valence-electron chi connectivity index (χ0n) is 12.2. The van der Waals surface area contributed by atoms with Crippen LogP contribution in [0, 0.1) is 20.8 Å². The van der Waals surface area contributed by atoms with E-state index >= 15 is 0 Å². The number of amides is 1. The van der Waals surface area contributed by atoms with Gasteiger partial charge in [0.25, 0.3) is 5.91 Å². The first-order valence-electron chi connectivity index (χ1n) is 6.42. The van der Waals surface area contributed by atoms with Gasteiger partial charge < -0.3 is 10.1 Å². The van der Waals surface area contributed by atoms with Crippen LogP contribution in [0.1, 0.15) is 23.7 Å². The lowest BCUT2D eigenvalue weighted by Gasteiger charge is -2.15. The molecule has 112 valence electrons. The van der Waals surface area contributed by atoms with Gasteiger partial charge in [-0.3, -0.25) is 4.79 Å². The molecule has 2 aromatic rings. The highest BCUT2D eigenvalue weighted by atomic mass is 35.5. The van der Waals surface area contributed by atoms with Gasteiger partial charge >= 0.3 is 0 Å². The molecular formula is C14H16ClN3O3. The second-order valence-electron chi connectivity index (χ2n) is 4.82. The Morgan fingerprint density at radius 2 is 1.90 bits per heavy atom. The van der Waals surface area contributed by atoms with Crippen molar-refractivity contribution >= 4 is 23.3 Å². The van der Waals surface area contributed by atoms with Gasteiger partial charge in [-0.05, 0) is 56.1 Å². The Morgan fingerprint density at radius 3 is 2.43 bits per heavy atom. The van der Waals surface area contributed by atoms with E-state index in [9.17, 15) is 4.79 Å². The zero-order chi connectivity index (χ0) is 15.6. The van der Waals surface area contributed by atoms with Crippen LogP contribution >= 0.6 is 11.6 Å². The van der Waals surface area contributed by atoms with Crippen LogP contribution < -0.4 is 10.1 Å². The predicted octanol–water partition coefficient (Wildman–Crippen LogP) is 3.05. The van der Waals surface area contributed by atoms with Crippen LogP contribution in [0.2, 0.25) is 5.02 Å². The maximum Gasteiger partial charge on any atom is 0.266 e. The summed E-state index contributed by atoms with van der Waals surface area (Å²) in [5.74, 6) is 0.546. The fourth-order valence-electron chi connectivity index (χ4n) is 1.80. The van der Waals surface area contributed by atoms with Crippen LogP contribution in [0.25, 0.3) is 0 Å². The molecule has 0 bridgehead atoms. The van der Waals surface area contributed by atoms with Crippen LogP contribution in [0.3, 0.4) is 0 Å². The molecule has 0 radical (unpaired) electrons. The molecule has 0 aliphatic rings. The summed E-state index contributed by atoms with van der Waals surface area (Å²) in [7, 11) is 0. The number of nitrogens with one attached hydrogen (secondary N) is 1. The second-order valence-corrected chi connectivity index (χ2v) is 5.20. The fraction of sp³-hybridized carbons (Fsp3) is 0.357. The maximum atomic E-state index is 12.0. The number of carbonyl (C=O) groups excluding carboxylic acids is 1. The molecule has 1 aromatic carbocycles. The normalized spacial score (nSPS) is 12.0. The molecule has 0 unspecified atom stereocenters. The van der Waals surface area contributed by atoms with Gasteiger partial charge in [0.05, 0.1) is 0 Å². The number of hydrogen-bond acceptors (Lipinski definition) is 5. The first kappa shape index (κ1) is 15.3. The number of aryl methyl sites for hydroxylation is 3. The molecule has 0 aliphatic heterocycles. The summed E-state index contributed by atoms with van der Waals surface area (Å²) in [6, 6.07) is 3.59. The molecule has 0 fully saturated rings. The monoisotopic (exact) mass is 309 g/mol. The summed E-state index contributed by atoms with van der Waals surface area (Å²) in [5, 5.41) is 10.5. The average Bonchev–Trinajstić information content (AvgIpc) is 2.81. The first-order valence-corrected chi connectivity index (χ1v) is 6.79. The number of halogens is 1. The maximum absolute atomic E-state index is 12.0. The topological polar surface area (TPSA) is 77.2 Å². The molecule has 7 heteroatoms. The molecule has 0 spiro atoms. The number of nitrogens with zero attached hydrogens (tertiary/aromatic N) is 2. The Kier molecular flexibility index (Phi) is 4.47. The van der Waals surface area contributed by atoms with E-state index in [2.05, 4.69) is 20.3 Å². The standard InChI is InChI=1S/C14H16ClN3O3/c1-7-5-11(6-8(2)12(7)15)20-10(4)14(19)16-13-9(3)17-21-18-13/h5-6,10H,1-4H3,(H,16,18,19)/t10-/m1/s1. The number of benzene rings is 1. The van der Waals surface area contributed by atoms with E-state index in [4.69, 9.17) is 16.3 Å². The van der Waals surface area contributed by atoms with Crippen molar-refractivity contribution < 1.29 is 14.2 Å². The minimum absolute atomic E-state index is 0.291. The van der Waals surface area contributed by atoms with Crippen LogP contribution in [0.4, 0.5) is 5.82 Å². The molecule has 6 nitrogen and oxygen atoms in total. The smallest absolute Gasteiger partial charge is 0.266 e. The summed E-state index contributed by atoms with van der Waals surface area (Å²) in [5.41, 5.74) is 2.31. The van der Waals surface area contributed by atoms with E-state index in [1.54, 1.807) is 26.0 Å².